The van der Waals surface area contributed by atoms with Crippen molar-refractivity contribution in [2.75, 3.05) is 5.32 Å². The number of nitrogens with one attached hydrogen (secondary N) is 1. The van der Waals surface area contributed by atoms with E-state index in [4.69, 9.17) is 4.74 Å². The zero-order chi connectivity index (χ0) is 19.9. The molecule has 1 amide bonds. The average Bonchev–Trinajstić information content (AvgIpc) is 2.70. The first kappa shape index (κ1) is 19.5. The van der Waals surface area contributed by atoms with E-state index in [9.17, 15) is 10.1 Å². The van der Waals surface area contributed by atoms with E-state index < -0.39 is 5.25 Å². The lowest BCUT2D eigenvalue weighted by Crippen LogP contribution is -2.22. The SMILES string of the molecule is Cc1ccc(C#N)c(SC(C)C(=O)Nc2ccc(Oc3ccccc3)cc2)n1. The Bertz CT molecular complexity index is 999. The lowest BCUT2D eigenvalue weighted by molar-refractivity contribution is -0.115. The zero-order valence-electron chi connectivity index (χ0n) is 15.5. The van der Waals surface area contributed by atoms with E-state index in [1.54, 1.807) is 43.3 Å². The summed E-state index contributed by atoms with van der Waals surface area (Å²) in [5.74, 6) is 1.28. The number of para-hydroxylation sites is 1. The Labute approximate surface area is 168 Å². The molecule has 0 aliphatic rings. The summed E-state index contributed by atoms with van der Waals surface area (Å²) in [5, 5.41) is 12.3. The molecule has 6 heteroatoms. The minimum Gasteiger partial charge on any atom is -0.457 e. The maximum atomic E-state index is 12.5. The minimum absolute atomic E-state index is 0.158. The number of hydrogen-bond donors (Lipinski definition) is 1. The van der Waals surface area contributed by atoms with Crippen molar-refractivity contribution in [1.29, 1.82) is 5.26 Å². The summed E-state index contributed by atoms with van der Waals surface area (Å²) < 4.78 is 5.75. The van der Waals surface area contributed by atoms with Gasteiger partial charge in [0, 0.05) is 11.4 Å². The number of ether oxygens (including phenoxy) is 1. The molecule has 1 heterocycles. The fourth-order valence-electron chi connectivity index (χ4n) is 2.40. The van der Waals surface area contributed by atoms with Gasteiger partial charge in [-0.3, -0.25) is 4.79 Å². The van der Waals surface area contributed by atoms with Gasteiger partial charge >= 0.3 is 0 Å². The van der Waals surface area contributed by atoms with Gasteiger partial charge < -0.3 is 10.1 Å². The van der Waals surface area contributed by atoms with E-state index in [-0.39, 0.29) is 5.91 Å². The summed E-state index contributed by atoms with van der Waals surface area (Å²) in [6.07, 6.45) is 0. The molecule has 0 aliphatic carbocycles. The van der Waals surface area contributed by atoms with Gasteiger partial charge in [-0.25, -0.2) is 4.98 Å². The maximum absolute atomic E-state index is 12.5. The van der Waals surface area contributed by atoms with Crippen LogP contribution >= 0.6 is 11.8 Å². The van der Waals surface area contributed by atoms with Crippen LogP contribution in [0.5, 0.6) is 11.5 Å². The van der Waals surface area contributed by atoms with Crippen molar-refractivity contribution in [1.82, 2.24) is 4.98 Å². The molecule has 0 saturated heterocycles. The number of amides is 1. The van der Waals surface area contributed by atoms with Crippen molar-refractivity contribution in [3.63, 3.8) is 0 Å². The highest BCUT2D eigenvalue weighted by molar-refractivity contribution is 8.00. The smallest absolute Gasteiger partial charge is 0.237 e. The molecule has 1 unspecified atom stereocenters. The Morgan fingerprint density at radius 1 is 1.07 bits per heavy atom. The molecule has 0 aliphatic heterocycles. The van der Waals surface area contributed by atoms with Gasteiger partial charge in [-0.15, -0.1) is 0 Å². The number of carbonyl (C=O) groups is 1. The summed E-state index contributed by atoms with van der Waals surface area (Å²) >= 11 is 1.27. The van der Waals surface area contributed by atoms with Crippen LogP contribution in [0.15, 0.2) is 71.8 Å². The second kappa shape index (κ2) is 9.07. The number of benzene rings is 2. The third-order valence-electron chi connectivity index (χ3n) is 3.88. The largest absolute Gasteiger partial charge is 0.457 e. The standard InChI is InChI=1S/C22H19N3O2S/c1-15-8-9-17(14-23)22(24-15)28-16(2)21(26)25-18-10-12-20(13-11-18)27-19-6-4-3-5-7-19/h3-13,16H,1-2H3,(H,25,26). The van der Waals surface area contributed by atoms with Crippen LogP contribution in [0.1, 0.15) is 18.2 Å². The van der Waals surface area contributed by atoms with E-state index in [0.29, 0.717) is 22.0 Å². The van der Waals surface area contributed by atoms with Crippen molar-refractivity contribution in [3.8, 4) is 17.6 Å². The Kier molecular flexibility index (Phi) is 6.30. The lowest BCUT2D eigenvalue weighted by Gasteiger charge is -2.13. The molecule has 0 bridgehead atoms. The molecule has 1 aromatic heterocycles. The Morgan fingerprint density at radius 3 is 2.43 bits per heavy atom. The van der Waals surface area contributed by atoms with Crippen LogP contribution in [0, 0.1) is 18.3 Å². The highest BCUT2D eigenvalue weighted by atomic mass is 32.2. The molecule has 3 aromatic rings. The molecule has 1 N–H and O–H groups in total. The van der Waals surface area contributed by atoms with Gasteiger partial charge in [-0.1, -0.05) is 30.0 Å². The second-order valence-electron chi connectivity index (χ2n) is 6.11. The topological polar surface area (TPSA) is 75.0 Å². The lowest BCUT2D eigenvalue weighted by atomic mass is 10.3. The van der Waals surface area contributed by atoms with Crippen LogP contribution in [0.3, 0.4) is 0 Å². The summed E-state index contributed by atoms with van der Waals surface area (Å²) in [6, 6.07) is 22.3. The van der Waals surface area contributed by atoms with Gasteiger partial charge in [-0.2, -0.15) is 5.26 Å². The number of pyridine rings is 1. The fraction of sp³-hybridized carbons (Fsp3) is 0.136. The van der Waals surface area contributed by atoms with Gasteiger partial charge in [0.1, 0.15) is 22.6 Å². The molecule has 1 atom stereocenters. The quantitative estimate of drug-likeness (QED) is 0.589. The first-order chi connectivity index (χ1) is 13.5. The molecule has 0 spiro atoms. The highest BCUT2D eigenvalue weighted by Gasteiger charge is 2.17. The van der Waals surface area contributed by atoms with E-state index in [1.165, 1.54) is 11.8 Å². The molecule has 5 nitrogen and oxygen atoms in total. The maximum Gasteiger partial charge on any atom is 0.237 e. The monoisotopic (exact) mass is 389 g/mol. The number of rotatable bonds is 6. The van der Waals surface area contributed by atoms with Crippen LogP contribution in [0.4, 0.5) is 5.69 Å². The van der Waals surface area contributed by atoms with E-state index in [2.05, 4.69) is 16.4 Å². The summed E-state index contributed by atoms with van der Waals surface area (Å²) in [5.41, 5.74) is 1.95. The van der Waals surface area contributed by atoms with E-state index in [0.717, 1.165) is 11.4 Å². The highest BCUT2D eigenvalue weighted by Crippen LogP contribution is 2.27. The third kappa shape index (κ3) is 5.12. The third-order valence-corrected chi connectivity index (χ3v) is 4.98. The van der Waals surface area contributed by atoms with Crippen LogP contribution in [0.25, 0.3) is 0 Å². The second-order valence-corrected chi connectivity index (χ2v) is 7.44. The normalized spacial score (nSPS) is 11.3. The first-order valence-corrected chi connectivity index (χ1v) is 9.61. The number of thioether (sulfide) groups is 1. The molecular weight excluding hydrogens is 370 g/mol. The molecule has 3 rings (SSSR count). The summed E-state index contributed by atoms with van der Waals surface area (Å²) in [6.45, 7) is 3.65. The summed E-state index contributed by atoms with van der Waals surface area (Å²) in [7, 11) is 0. The van der Waals surface area contributed by atoms with Crippen LogP contribution in [-0.2, 0) is 4.79 Å². The predicted molar refractivity (Wildman–Crippen MR) is 111 cm³/mol. The minimum atomic E-state index is -0.401. The first-order valence-electron chi connectivity index (χ1n) is 8.73. The van der Waals surface area contributed by atoms with Gasteiger partial charge in [0.25, 0.3) is 0 Å². The molecule has 0 fully saturated rings. The van der Waals surface area contributed by atoms with Crippen LogP contribution < -0.4 is 10.1 Å². The number of hydrogen-bond acceptors (Lipinski definition) is 5. The number of aromatic nitrogens is 1. The molecule has 0 radical (unpaired) electrons. The van der Waals surface area contributed by atoms with Crippen molar-refractivity contribution < 1.29 is 9.53 Å². The summed E-state index contributed by atoms with van der Waals surface area (Å²) in [4.78, 5) is 16.9. The van der Waals surface area contributed by atoms with Gasteiger partial charge in [0.15, 0.2) is 0 Å². The molecular formula is C22H19N3O2S. The number of aryl methyl sites for hydroxylation is 1. The number of nitriles is 1. The number of anilines is 1. The number of carbonyl (C=O) groups excluding carboxylic acids is 1. The molecule has 2 aromatic carbocycles. The Morgan fingerprint density at radius 2 is 1.75 bits per heavy atom. The van der Waals surface area contributed by atoms with Gasteiger partial charge in [0.2, 0.25) is 5.91 Å². The van der Waals surface area contributed by atoms with E-state index >= 15 is 0 Å². The van der Waals surface area contributed by atoms with Crippen molar-refractivity contribution in [2.45, 2.75) is 24.1 Å². The average molecular weight is 389 g/mol. The molecule has 140 valence electrons. The van der Waals surface area contributed by atoms with Gasteiger partial charge in [-0.05, 0) is 62.4 Å². The predicted octanol–water partition coefficient (Wildman–Crippen LogP) is 5.17. The zero-order valence-corrected chi connectivity index (χ0v) is 16.4. The van der Waals surface area contributed by atoms with Crippen LogP contribution in [-0.4, -0.2) is 16.1 Å². The number of nitrogens with zero attached hydrogens (tertiary/aromatic N) is 2. The van der Waals surface area contributed by atoms with E-state index in [1.807, 2.05) is 37.3 Å². The molecule has 28 heavy (non-hydrogen) atoms. The van der Waals surface area contributed by atoms with Crippen LogP contribution in [0.2, 0.25) is 0 Å². The fourth-order valence-corrected chi connectivity index (χ4v) is 3.34. The van der Waals surface area contributed by atoms with Crippen molar-refractivity contribution in [2.24, 2.45) is 0 Å². The van der Waals surface area contributed by atoms with Crippen molar-refractivity contribution >= 4 is 23.4 Å². The Hall–Kier alpha value is -3.30. The Balaban J connectivity index is 1.61. The van der Waals surface area contributed by atoms with Crippen molar-refractivity contribution in [3.05, 3.63) is 78.0 Å². The molecule has 0 saturated carbocycles. The van der Waals surface area contributed by atoms with Gasteiger partial charge in [0.05, 0.1) is 10.8 Å².